The monoisotopic (exact) mass is 482 g/mol. The Labute approximate surface area is 207 Å². The molecule has 176 valence electrons. The number of benzene rings is 3. The largest absolute Gasteiger partial charge is 0.324 e. The molecule has 0 saturated carbocycles. The lowest BCUT2D eigenvalue weighted by Crippen LogP contribution is -2.45. The van der Waals surface area contributed by atoms with Crippen molar-refractivity contribution in [3.05, 3.63) is 84.1 Å². The van der Waals surface area contributed by atoms with E-state index in [9.17, 15) is 9.59 Å². The van der Waals surface area contributed by atoms with Gasteiger partial charge in [-0.3, -0.25) is 14.0 Å². The van der Waals surface area contributed by atoms with Gasteiger partial charge in [-0.15, -0.1) is 0 Å². The number of imidazole rings is 1. The van der Waals surface area contributed by atoms with E-state index in [2.05, 4.69) is 21.9 Å². The van der Waals surface area contributed by atoms with Crippen molar-refractivity contribution in [2.75, 3.05) is 10.2 Å². The van der Waals surface area contributed by atoms with Crippen LogP contribution in [0.3, 0.4) is 0 Å². The first kappa shape index (κ1) is 22.8. The number of nitrogens with zero attached hydrogens (tertiary/aromatic N) is 3. The van der Waals surface area contributed by atoms with Crippen molar-refractivity contribution in [2.45, 2.75) is 33.7 Å². The van der Waals surface area contributed by atoms with Crippen LogP contribution in [-0.4, -0.2) is 27.2 Å². The molecule has 35 heavy (non-hydrogen) atoms. The summed E-state index contributed by atoms with van der Waals surface area (Å²) >= 11 is 1.66. The number of anilines is 2. The van der Waals surface area contributed by atoms with Crippen molar-refractivity contribution in [3.8, 4) is 11.3 Å². The van der Waals surface area contributed by atoms with Gasteiger partial charge in [-0.05, 0) is 68.3 Å². The van der Waals surface area contributed by atoms with Crippen LogP contribution in [0.4, 0.5) is 11.4 Å². The van der Waals surface area contributed by atoms with Crippen LogP contribution in [0.25, 0.3) is 26.4 Å². The Kier molecular flexibility index (Phi) is 5.86. The molecule has 0 aliphatic carbocycles. The zero-order valence-corrected chi connectivity index (χ0v) is 20.9. The maximum Gasteiger partial charge on any atom is 0.247 e. The first-order valence-corrected chi connectivity index (χ1v) is 12.3. The summed E-state index contributed by atoms with van der Waals surface area (Å²) in [5.74, 6) is -0.429. The highest BCUT2D eigenvalue weighted by molar-refractivity contribution is 7.23. The lowest BCUT2D eigenvalue weighted by atomic mass is 10.1. The van der Waals surface area contributed by atoms with Crippen LogP contribution in [0, 0.1) is 13.8 Å². The molecule has 0 aliphatic heterocycles. The van der Waals surface area contributed by atoms with E-state index in [4.69, 9.17) is 4.98 Å². The van der Waals surface area contributed by atoms with E-state index < -0.39 is 6.04 Å². The molecule has 0 bridgehead atoms. The van der Waals surface area contributed by atoms with E-state index in [1.165, 1.54) is 16.5 Å². The van der Waals surface area contributed by atoms with Gasteiger partial charge in [0.2, 0.25) is 11.8 Å². The Morgan fingerprint density at radius 3 is 2.37 bits per heavy atom. The minimum Gasteiger partial charge on any atom is -0.324 e. The molecule has 7 heteroatoms. The number of thiazole rings is 1. The summed E-state index contributed by atoms with van der Waals surface area (Å²) in [5, 5.41) is 2.94. The topological polar surface area (TPSA) is 66.7 Å². The van der Waals surface area contributed by atoms with Crippen molar-refractivity contribution in [1.82, 2.24) is 9.38 Å². The number of rotatable bonds is 5. The fraction of sp³-hybridized carbons (Fsp3) is 0.179. The Hall–Kier alpha value is -3.97. The second kappa shape index (κ2) is 9.00. The third kappa shape index (κ3) is 4.42. The van der Waals surface area contributed by atoms with Crippen LogP contribution in [0.5, 0.6) is 0 Å². The summed E-state index contributed by atoms with van der Waals surface area (Å²) in [6.07, 6.45) is 2.04. The van der Waals surface area contributed by atoms with Gasteiger partial charge in [0.1, 0.15) is 6.04 Å². The van der Waals surface area contributed by atoms with Gasteiger partial charge in [0.15, 0.2) is 4.96 Å². The zero-order chi connectivity index (χ0) is 24.7. The third-order valence-electron chi connectivity index (χ3n) is 6.04. The lowest BCUT2D eigenvalue weighted by Gasteiger charge is -2.28. The first-order valence-electron chi connectivity index (χ1n) is 11.5. The van der Waals surface area contributed by atoms with Gasteiger partial charge in [0.25, 0.3) is 0 Å². The molecule has 5 rings (SSSR count). The number of hydrogen-bond acceptors (Lipinski definition) is 4. The summed E-state index contributed by atoms with van der Waals surface area (Å²) in [4.78, 5) is 32.7. The molecule has 1 N–H and O–H groups in total. The number of para-hydroxylation sites is 1. The molecule has 1 unspecified atom stereocenters. The molecule has 6 nitrogen and oxygen atoms in total. The molecule has 0 aliphatic rings. The van der Waals surface area contributed by atoms with Crippen LogP contribution in [0.2, 0.25) is 0 Å². The van der Waals surface area contributed by atoms with E-state index in [-0.39, 0.29) is 11.8 Å². The van der Waals surface area contributed by atoms with Crippen LogP contribution >= 0.6 is 11.3 Å². The van der Waals surface area contributed by atoms with Gasteiger partial charge in [-0.25, -0.2) is 4.98 Å². The summed E-state index contributed by atoms with van der Waals surface area (Å²) < 4.78 is 3.31. The minimum absolute atomic E-state index is 0.180. The van der Waals surface area contributed by atoms with Gasteiger partial charge in [0.05, 0.1) is 15.9 Å². The fourth-order valence-electron chi connectivity index (χ4n) is 4.44. The maximum atomic E-state index is 13.0. The smallest absolute Gasteiger partial charge is 0.247 e. The molecule has 0 spiro atoms. The Morgan fingerprint density at radius 2 is 1.69 bits per heavy atom. The molecule has 1 atom stereocenters. The molecule has 0 fully saturated rings. The number of carbonyl (C=O) groups is 2. The Morgan fingerprint density at radius 1 is 1.00 bits per heavy atom. The van der Waals surface area contributed by atoms with E-state index in [0.29, 0.717) is 5.69 Å². The fourth-order valence-corrected chi connectivity index (χ4v) is 5.45. The van der Waals surface area contributed by atoms with Crippen molar-refractivity contribution < 1.29 is 9.59 Å². The zero-order valence-electron chi connectivity index (χ0n) is 20.1. The van der Waals surface area contributed by atoms with Gasteiger partial charge in [0, 0.05) is 30.1 Å². The van der Waals surface area contributed by atoms with Gasteiger partial charge in [-0.2, -0.15) is 0 Å². The van der Waals surface area contributed by atoms with Crippen molar-refractivity contribution in [3.63, 3.8) is 0 Å². The number of aromatic nitrogens is 2. The molecule has 2 heterocycles. The summed E-state index contributed by atoms with van der Waals surface area (Å²) in [6, 6.07) is 21.1. The normalized spacial score (nSPS) is 12.1. The number of fused-ring (bicyclic) bond motifs is 3. The highest BCUT2D eigenvalue weighted by Crippen LogP contribution is 2.30. The average molecular weight is 483 g/mol. The van der Waals surface area contributed by atoms with Crippen LogP contribution in [0.1, 0.15) is 25.0 Å². The Bertz CT molecular complexity index is 1550. The minimum atomic E-state index is -0.665. The highest BCUT2D eigenvalue weighted by atomic mass is 32.1. The molecule has 2 amide bonds. The van der Waals surface area contributed by atoms with Crippen LogP contribution < -0.4 is 10.2 Å². The van der Waals surface area contributed by atoms with E-state index in [0.717, 1.165) is 38.5 Å². The maximum absolute atomic E-state index is 13.0. The summed E-state index contributed by atoms with van der Waals surface area (Å²) in [6.45, 7) is 7.18. The van der Waals surface area contributed by atoms with Gasteiger partial charge < -0.3 is 10.2 Å². The number of amides is 2. The van der Waals surface area contributed by atoms with Crippen molar-refractivity contribution in [1.29, 1.82) is 0 Å². The van der Waals surface area contributed by atoms with Crippen molar-refractivity contribution in [2.24, 2.45) is 0 Å². The second-order valence-corrected chi connectivity index (χ2v) is 9.84. The molecular formula is C28H26N4O2S. The first-order chi connectivity index (χ1) is 16.8. The molecule has 5 aromatic rings. The molecular weight excluding hydrogens is 456 g/mol. The lowest BCUT2D eigenvalue weighted by molar-refractivity contribution is -0.122. The van der Waals surface area contributed by atoms with Crippen molar-refractivity contribution >= 4 is 49.7 Å². The number of nitrogens with one attached hydrogen (secondary N) is 1. The predicted octanol–water partition coefficient (Wildman–Crippen LogP) is 6.21. The molecule has 2 aromatic heterocycles. The highest BCUT2D eigenvalue weighted by Gasteiger charge is 2.25. The molecule has 0 saturated heterocycles. The molecule has 0 radical (unpaired) electrons. The van der Waals surface area contributed by atoms with E-state index in [1.54, 1.807) is 18.3 Å². The van der Waals surface area contributed by atoms with Crippen LogP contribution in [-0.2, 0) is 9.59 Å². The second-order valence-electron chi connectivity index (χ2n) is 8.83. The SMILES string of the molecule is CC(=O)N(c1cc(C)cc(C)c1)C(C)C(=O)Nc1ccc(-c2cn3c(n2)sc2ccccc23)cc1. The summed E-state index contributed by atoms with van der Waals surface area (Å²) in [7, 11) is 0. The standard InChI is InChI=1S/C28H26N4O2S/c1-17-13-18(2)15-23(14-17)32(20(4)33)19(3)27(34)29-22-11-9-21(10-12-22)24-16-31-25-7-5-6-8-26(25)35-28(31)30-24/h5-16,19H,1-4H3,(H,29,34). The Balaban J connectivity index is 1.34. The average Bonchev–Trinajstić information content (AvgIpc) is 3.37. The van der Waals surface area contributed by atoms with E-state index in [1.807, 2.05) is 74.6 Å². The summed E-state index contributed by atoms with van der Waals surface area (Å²) in [5.41, 5.74) is 6.47. The number of aryl methyl sites for hydroxylation is 2. The number of carbonyl (C=O) groups excluding carboxylic acids is 2. The number of hydrogen-bond donors (Lipinski definition) is 1. The quantitative estimate of drug-likeness (QED) is 0.324. The van der Waals surface area contributed by atoms with Crippen LogP contribution in [0.15, 0.2) is 72.9 Å². The van der Waals surface area contributed by atoms with Gasteiger partial charge in [-0.1, -0.05) is 41.7 Å². The third-order valence-corrected chi connectivity index (χ3v) is 7.07. The van der Waals surface area contributed by atoms with E-state index >= 15 is 0 Å². The van der Waals surface area contributed by atoms with Gasteiger partial charge >= 0.3 is 0 Å². The molecule has 3 aromatic carbocycles. The predicted molar refractivity (Wildman–Crippen MR) is 143 cm³/mol.